The standard InChI is InChI=1S/C32H31N5O3/c1-20(37-29(38)9-8-26-28-14-22(16-33)6-7-27(28)31(39)30(26)37)23-4-3-5-24(15-23)32-34-17-25(18-35-32)40-19-21-10-12-36(2)13-11-21/h3-9,14-15,17-18,20-21,31,39H,10-13,19H2,1-2H3. The maximum Gasteiger partial charge on any atom is 0.251 e. The molecule has 0 bridgehead atoms. The Morgan fingerprint density at radius 2 is 1.85 bits per heavy atom. The van der Waals surface area contributed by atoms with E-state index in [9.17, 15) is 15.2 Å². The van der Waals surface area contributed by atoms with E-state index in [1.165, 1.54) is 6.07 Å². The number of fused-ring (bicyclic) bond motifs is 3. The number of ether oxygens (including phenoxy) is 1. The Balaban J connectivity index is 1.25. The lowest BCUT2D eigenvalue weighted by Gasteiger charge is -2.28. The number of nitrogens with zero attached hydrogens (tertiary/aromatic N) is 5. The SMILES string of the molecule is CC(c1cccc(-c2ncc(OCC3CCN(C)CC3)cn2)c1)n1c2c(ccc1=O)-c1cc(C#N)ccc1C2O. The summed E-state index contributed by atoms with van der Waals surface area (Å²) >= 11 is 0. The van der Waals surface area contributed by atoms with Gasteiger partial charge in [0, 0.05) is 17.2 Å². The molecular formula is C32H31N5O3. The number of aliphatic hydroxyl groups is 1. The van der Waals surface area contributed by atoms with Crippen LogP contribution in [0.3, 0.4) is 0 Å². The van der Waals surface area contributed by atoms with Gasteiger partial charge in [-0.3, -0.25) is 4.79 Å². The molecule has 8 nitrogen and oxygen atoms in total. The molecule has 1 saturated heterocycles. The normalized spacial score (nSPS) is 17.6. The zero-order chi connectivity index (χ0) is 27.8. The summed E-state index contributed by atoms with van der Waals surface area (Å²) in [6, 6.07) is 18.1. The molecule has 1 aliphatic heterocycles. The average molecular weight is 534 g/mol. The third kappa shape index (κ3) is 4.79. The first-order chi connectivity index (χ1) is 19.4. The lowest BCUT2D eigenvalue weighted by Crippen LogP contribution is -2.32. The molecule has 2 aromatic carbocycles. The zero-order valence-electron chi connectivity index (χ0n) is 22.6. The number of hydrogen-bond acceptors (Lipinski definition) is 7. The van der Waals surface area contributed by atoms with Gasteiger partial charge >= 0.3 is 0 Å². The van der Waals surface area contributed by atoms with E-state index in [0.29, 0.717) is 40.9 Å². The van der Waals surface area contributed by atoms with Gasteiger partial charge in [0.1, 0.15) is 6.10 Å². The molecule has 2 aliphatic rings. The molecule has 4 aromatic rings. The molecule has 40 heavy (non-hydrogen) atoms. The van der Waals surface area contributed by atoms with Crippen LogP contribution in [-0.4, -0.2) is 51.3 Å². The first kappa shape index (κ1) is 25.9. The number of nitriles is 1. The van der Waals surface area contributed by atoms with Crippen molar-refractivity contribution < 1.29 is 9.84 Å². The number of pyridine rings is 1. The third-order valence-electron chi connectivity index (χ3n) is 8.16. The van der Waals surface area contributed by atoms with E-state index < -0.39 is 6.10 Å². The molecule has 0 amide bonds. The molecule has 8 heteroatoms. The largest absolute Gasteiger partial charge is 0.490 e. The second-order valence-corrected chi connectivity index (χ2v) is 10.8. The Morgan fingerprint density at radius 1 is 1.07 bits per heavy atom. The van der Waals surface area contributed by atoms with Crippen LogP contribution in [0.4, 0.5) is 0 Å². The van der Waals surface area contributed by atoms with Crippen LogP contribution in [0, 0.1) is 17.2 Å². The smallest absolute Gasteiger partial charge is 0.251 e. The van der Waals surface area contributed by atoms with Gasteiger partial charge in [-0.1, -0.05) is 24.3 Å². The van der Waals surface area contributed by atoms with Crippen LogP contribution in [0.1, 0.15) is 54.3 Å². The number of aromatic nitrogens is 3. The summed E-state index contributed by atoms with van der Waals surface area (Å²) in [5, 5.41) is 20.6. The minimum absolute atomic E-state index is 0.202. The van der Waals surface area contributed by atoms with Crippen molar-refractivity contribution in [3.8, 4) is 34.3 Å². The summed E-state index contributed by atoms with van der Waals surface area (Å²) in [4.78, 5) is 24.6. The summed E-state index contributed by atoms with van der Waals surface area (Å²) in [5.41, 5.74) is 4.80. The summed E-state index contributed by atoms with van der Waals surface area (Å²) in [6.45, 7) is 4.82. The van der Waals surface area contributed by atoms with E-state index in [2.05, 4.69) is 28.0 Å². The molecule has 1 N–H and O–H groups in total. The van der Waals surface area contributed by atoms with Crippen molar-refractivity contribution in [2.24, 2.45) is 5.92 Å². The maximum atomic E-state index is 13.2. The molecule has 0 spiro atoms. The van der Waals surface area contributed by atoms with Crippen molar-refractivity contribution in [2.45, 2.75) is 31.9 Å². The topological polar surface area (TPSA) is 104 Å². The number of piperidine rings is 1. The van der Waals surface area contributed by atoms with E-state index in [1.54, 1.807) is 41.2 Å². The van der Waals surface area contributed by atoms with Gasteiger partial charge in [-0.05, 0) is 86.8 Å². The molecule has 2 unspecified atom stereocenters. The Morgan fingerprint density at radius 3 is 2.60 bits per heavy atom. The number of hydrogen-bond donors (Lipinski definition) is 1. The van der Waals surface area contributed by atoms with E-state index in [1.807, 2.05) is 31.2 Å². The average Bonchev–Trinajstić information content (AvgIpc) is 3.27. The van der Waals surface area contributed by atoms with Crippen LogP contribution < -0.4 is 10.3 Å². The Kier molecular flexibility index (Phi) is 6.93. The van der Waals surface area contributed by atoms with Gasteiger partial charge in [0.05, 0.1) is 42.4 Å². The first-order valence-electron chi connectivity index (χ1n) is 13.6. The van der Waals surface area contributed by atoms with Crippen LogP contribution in [0.2, 0.25) is 0 Å². The van der Waals surface area contributed by atoms with Crippen LogP contribution in [0.5, 0.6) is 5.75 Å². The predicted octanol–water partition coefficient (Wildman–Crippen LogP) is 4.57. The molecule has 0 radical (unpaired) electrons. The van der Waals surface area contributed by atoms with Gasteiger partial charge < -0.3 is 19.3 Å². The summed E-state index contributed by atoms with van der Waals surface area (Å²) in [7, 11) is 2.15. The number of aliphatic hydroxyl groups excluding tert-OH is 1. The Hall–Kier alpha value is -4.32. The monoisotopic (exact) mass is 533 g/mol. The molecule has 1 aliphatic carbocycles. The fourth-order valence-corrected chi connectivity index (χ4v) is 5.79. The molecule has 1 fully saturated rings. The van der Waals surface area contributed by atoms with E-state index in [4.69, 9.17) is 4.74 Å². The van der Waals surface area contributed by atoms with Crippen molar-refractivity contribution in [3.63, 3.8) is 0 Å². The van der Waals surface area contributed by atoms with E-state index in [0.717, 1.165) is 48.2 Å². The van der Waals surface area contributed by atoms with Crippen LogP contribution >= 0.6 is 0 Å². The van der Waals surface area contributed by atoms with Crippen molar-refractivity contribution in [2.75, 3.05) is 26.7 Å². The van der Waals surface area contributed by atoms with Crippen molar-refractivity contribution in [3.05, 3.63) is 99.7 Å². The van der Waals surface area contributed by atoms with Gasteiger partial charge in [-0.15, -0.1) is 0 Å². The number of benzene rings is 2. The summed E-state index contributed by atoms with van der Waals surface area (Å²) < 4.78 is 7.62. The van der Waals surface area contributed by atoms with Crippen molar-refractivity contribution >= 4 is 0 Å². The van der Waals surface area contributed by atoms with Gasteiger partial charge in [0.2, 0.25) is 0 Å². The molecule has 202 valence electrons. The molecule has 0 saturated carbocycles. The molecular weight excluding hydrogens is 502 g/mol. The minimum Gasteiger partial charge on any atom is -0.490 e. The molecule has 6 rings (SSSR count). The fraction of sp³-hybridized carbons (Fsp3) is 0.312. The van der Waals surface area contributed by atoms with Gasteiger partial charge in [0.15, 0.2) is 11.6 Å². The zero-order valence-corrected chi connectivity index (χ0v) is 22.6. The molecule has 2 aromatic heterocycles. The van der Waals surface area contributed by atoms with Gasteiger partial charge in [0.25, 0.3) is 5.56 Å². The lowest BCUT2D eigenvalue weighted by molar-refractivity contribution is 0.159. The van der Waals surface area contributed by atoms with E-state index >= 15 is 0 Å². The molecule has 2 atom stereocenters. The summed E-state index contributed by atoms with van der Waals surface area (Å²) in [5.74, 6) is 1.78. The summed E-state index contributed by atoms with van der Waals surface area (Å²) in [6.07, 6.45) is 4.74. The first-order valence-corrected chi connectivity index (χ1v) is 13.6. The Labute approximate surface area is 233 Å². The number of rotatable bonds is 6. The molecule has 3 heterocycles. The van der Waals surface area contributed by atoms with Crippen molar-refractivity contribution in [1.82, 2.24) is 19.4 Å². The maximum absolute atomic E-state index is 13.2. The van der Waals surface area contributed by atoms with E-state index in [-0.39, 0.29) is 11.6 Å². The highest BCUT2D eigenvalue weighted by Crippen LogP contribution is 2.44. The number of likely N-dealkylation sites (tertiary alicyclic amines) is 1. The Bertz CT molecular complexity index is 1650. The second kappa shape index (κ2) is 10.7. The highest BCUT2D eigenvalue weighted by atomic mass is 16.5. The van der Waals surface area contributed by atoms with Crippen LogP contribution in [0.25, 0.3) is 22.5 Å². The lowest BCUT2D eigenvalue weighted by atomic mass is 9.98. The van der Waals surface area contributed by atoms with Gasteiger partial charge in [-0.25, -0.2) is 9.97 Å². The second-order valence-electron chi connectivity index (χ2n) is 10.8. The van der Waals surface area contributed by atoms with Gasteiger partial charge in [-0.2, -0.15) is 5.26 Å². The quantitative estimate of drug-likeness (QED) is 0.387. The third-order valence-corrected chi connectivity index (χ3v) is 8.16. The van der Waals surface area contributed by atoms with Crippen LogP contribution in [0.15, 0.2) is 71.8 Å². The van der Waals surface area contributed by atoms with Crippen LogP contribution in [-0.2, 0) is 0 Å². The highest BCUT2D eigenvalue weighted by molar-refractivity contribution is 5.78. The highest BCUT2D eigenvalue weighted by Gasteiger charge is 2.32. The minimum atomic E-state index is -0.956. The predicted molar refractivity (Wildman–Crippen MR) is 152 cm³/mol. The van der Waals surface area contributed by atoms with Crippen molar-refractivity contribution in [1.29, 1.82) is 5.26 Å². The fourth-order valence-electron chi connectivity index (χ4n) is 5.79.